The molecule has 1 N–H and O–H groups in total. The molecule has 0 spiro atoms. The van der Waals surface area contributed by atoms with Crippen molar-refractivity contribution in [2.75, 3.05) is 30.8 Å². The molecule has 0 bridgehead atoms. The first-order chi connectivity index (χ1) is 19.0. The number of fused-ring (bicyclic) bond motifs is 1. The molecule has 4 aromatic rings. The molecule has 0 fully saturated rings. The summed E-state index contributed by atoms with van der Waals surface area (Å²) >= 11 is 6.52. The van der Waals surface area contributed by atoms with Crippen LogP contribution in [0.5, 0.6) is 5.75 Å². The molecule has 3 aromatic carbocycles. The molecular weight excluding hydrogens is 552 g/mol. The highest BCUT2D eigenvalue weighted by Crippen LogP contribution is 2.39. The Morgan fingerprint density at radius 3 is 2.45 bits per heavy atom. The van der Waals surface area contributed by atoms with Crippen LogP contribution in [0.4, 0.5) is 5.95 Å². The lowest BCUT2D eigenvalue weighted by molar-refractivity contribution is -0.112. The number of sulfonamides is 1. The third-order valence-corrected chi connectivity index (χ3v) is 7.18. The van der Waals surface area contributed by atoms with E-state index in [9.17, 15) is 18.5 Å². The second kappa shape index (κ2) is 12.0. The normalized spacial score (nSPS) is 11.7. The number of hydrogen-bond donors (Lipinski definition) is 1. The van der Waals surface area contributed by atoms with Crippen LogP contribution >= 0.6 is 11.6 Å². The van der Waals surface area contributed by atoms with Gasteiger partial charge < -0.3 is 14.3 Å². The van der Waals surface area contributed by atoms with Gasteiger partial charge in [-0.05, 0) is 46.5 Å². The highest BCUT2D eigenvalue weighted by atomic mass is 35.5. The lowest BCUT2D eigenvalue weighted by Crippen LogP contribution is -2.19. The summed E-state index contributed by atoms with van der Waals surface area (Å²) in [5.41, 5.74) is 4.28. The fourth-order valence-electron chi connectivity index (χ4n) is 4.19. The number of nitrogens with zero attached hydrogens (tertiary/aromatic N) is 3. The number of hydrogen-bond acceptors (Lipinski definition) is 8. The van der Waals surface area contributed by atoms with E-state index in [2.05, 4.69) is 34.6 Å². The molecule has 1 aromatic heterocycles. The van der Waals surface area contributed by atoms with E-state index in [1.165, 1.54) is 0 Å². The molecular formula is C29H27ClN4O5S. The lowest BCUT2D eigenvalue weighted by Gasteiger charge is -2.27. The van der Waals surface area contributed by atoms with E-state index < -0.39 is 15.4 Å². The molecule has 0 radical (unpaired) electrons. The maximum atomic E-state index is 11.5. The largest absolute Gasteiger partial charge is 0.488 e. The fourth-order valence-corrected chi connectivity index (χ4v) is 4.90. The van der Waals surface area contributed by atoms with Gasteiger partial charge in [-0.3, -0.25) is 4.72 Å². The van der Waals surface area contributed by atoms with Crippen molar-refractivity contribution in [2.45, 2.75) is 19.3 Å². The summed E-state index contributed by atoms with van der Waals surface area (Å²) < 4.78 is 36.0. The van der Waals surface area contributed by atoms with Gasteiger partial charge in [-0.1, -0.05) is 55.8 Å². The molecule has 0 atom stereocenters. The van der Waals surface area contributed by atoms with Gasteiger partial charge in [0.25, 0.3) is 0 Å². The molecule has 0 amide bonds. The molecule has 0 unspecified atom stereocenters. The number of carbonyl (C=O) groups excluding carboxylic acids is 1. The number of anilines is 1. The Kier molecular flexibility index (Phi) is 8.69. The van der Waals surface area contributed by atoms with E-state index in [0.717, 1.165) is 33.9 Å². The average molecular weight is 579 g/mol. The Labute approximate surface area is 237 Å². The lowest BCUT2D eigenvalue weighted by atomic mass is 9.77. The summed E-state index contributed by atoms with van der Waals surface area (Å²) in [5, 5.41) is 10.8. The van der Waals surface area contributed by atoms with Gasteiger partial charge in [-0.2, -0.15) is 5.26 Å². The molecule has 1 heterocycles. The number of aldehydes is 1. The van der Waals surface area contributed by atoms with Crippen molar-refractivity contribution in [3.05, 3.63) is 82.5 Å². The Bertz CT molecular complexity index is 1700. The zero-order chi connectivity index (χ0) is 28.9. The van der Waals surface area contributed by atoms with E-state index >= 15 is 0 Å². The first kappa shape index (κ1) is 29.0. The molecule has 0 aliphatic heterocycles. The van der Waals surface area contributed by atoms with Crippen LogP contribution in [0.25, 0.3) is 22.0 Å². The molecule has 0 aliphatic carbocycles. The van der Waals surface area contributed by atoms with Gasteiger partial charge in [0.15, 0.2) is 5.75 Å². The predicted octanol–water partition coefficient (Wildman–Crippen LogP) is 5.11. The van der Waals surface area contributed by atoms with Gasteiger partial charge in [0.05, 0.1) is 29.0 Å². The molecule has 0 saturated heterocycles. The minimum absolute atomic E-state index is 0.0186. The monoisotopic (exact) mass is 578 g/mol. The standard InChI is InChI=1S/C29H27ClN4O5S/c1-29(2,24-15-21(17-31)27(25(30)16-24)39-13-12-38-11-10-35)23-7-4-19(5-8-23)20-6-9-26-22(14-20)18-32-28(33-26)34-40(3,36)37/h4-10,14-16,18H,11-13H2,1-3H3,(H,32,33,34). The number of ether oxygens (including phenoxy) is 2. The molecule has 206 valence electrons. The summed E-state index contributed by atoms with van der Waals surface area (Å²) in [5.74, 6) is 0.311. The zero-order valence-electron chi connectivity index (χ0n) is 22.1. The number of nitrogens with one attached hydrogen (secondary N) is 1. The smallest absolute Gasteiger partial charge is 0.237 e. The molecule has 9 nitrogen and oxygen atoms in total. The van der Waals surface area contributed by atoms with E-state index in [1.807, 2.05) is 42.5 Å². The summed E-state index contributed by atoms with van der Waals surface area (Å²) in [6.45, 7) is 4.45. The van der Waals surface area contributed by atoms with Gasteiger partial charge >= 0.3 is 0 Å². The third-order valence-electron chi connectivity index (χ3n) is 6.34. The molecule has 40 heavy (non-hydrogen) atoms. The van der Waals surface area contributed by atoms with Crippen molar-refractivity contribution in [1.82, 2.24) is 9.97 Å². The second-order valence-corrected chi connectivity index (χ2v) is 11.7. The number of benzene rings is 3. The quantitative estimate of drug-likeness (QED) is 0.192. The minimum atomic E-state index is -3.47. The number of nitriles is 1. The van der Waals surface area contributed by atoms with Crippen LogP contribution in [0.3, 0.4) is 0 Å². The highest BCUT2D eigenvalue weighted by molar-refractivity contribution is 7.91. The Morgan fingerprint density at radius 2 is 1.77 bits per heavy atom. The van der Waals surface area contributed by atoms with Gasteiger partial charge in [0.2, 0.25) is 16.0 Å². The van der Waals surface area contributed by atoms with Crippen LogP contribution in [0.15, 0.2) is 60.8 Å². The number of halogens is 1. The van der Waals surface area contributed by atoms with Crippen molar-refractivity contribution in [1.29, 1.82) is 5.26 Å². The summed E-state index contributed by atoms with van der Waals surface area (Å²) in [6.07, 6.45) is 3.29. The Balaban J connectivity index is 1.56. The van der Waals surface area contributed by atoms with Crippen LogP contribution < -0.4 is 9.46 Å². The molecule has 4 rings (SSSR count). The van der Waals surface area contributed by atoms with E-state index in [-0.39, 0.29) is 31.5 Å². The van der Waals surface area contributed by atoms with Crippen LogP contribution in [0.2, 0.25) is 5.02 Å². The third kappa shape index (κ3) is 6.74. The topological polar surface area (TPSA) is 131 Å². The van der Waals surface area contributed by atoms with Crippen molar-refractivity contribution >= 4 is 44.8 Å². The van der Waals surface area contributed by atoms with Gasteiger partial charge in [-0.15, -0.1) is 0 Å². The second-order valence-electron chi connectivity index (χ2n) is 9.58. The van der Waals surface area contributed by atoms with Crippen LogP contribution in [-0.4, -0.2) is 50.7 Å². The molecule has 0 aliphatic rings. The first-order valence-electron chi connectivity index (χ1n) is 12.3. The van der Waals surface area contributed by atoms with E-state index in [1.54, 1.807) is 18.3 Å². The summed E-state index contributed by atoms with van der Waals surface area (Å²) in [6, 6.07) is 19.5. The van der Waals surface area contributed by atoms with Crippen LogP contribution in [-0.2, 0) is 25.0 Å². The molecule has 0 saturated carbocycles. The average Bonchev–Trinajstić information content (AvgIpc) is 2.92. The number of aromatic nitrogens is 2. The van der Waals surface area contributed by atoms with Crippen molar-refractivity contribution in [2.24, 2.45) is 0 Å². The maximum Gasteiger partial charge on any atom is 0.237 e. The van der Waals surface area contributed by atoms with Crippen LogP contribution in [0, 0.1) is 11.3 Å². The van der Waals surface area contributed by atoms with Gasteiger partial charge in [0, 0.05) is 17.0 Å². The van der Waals surface area contributed by atoms with Crippen molar-refractivity contribution in [3.8, 4) is 22.9 Å². The van der Waals surface area contributed by atoms with E-state index in [4.69, 9.17) is 21.1 Å². The Hall–Kier alpha value is -4.04. The fraction of sp³-hybridized carbons (Fsp3) is 0.241. The van der Waals surface area contributed by atoms with E-state index in [0.29, 0.717) is 22.4 Å². The number of carbonyl (C=O) groups is 1. The van der Waals surface area contributed by atoms with Crippen molar-refractivity contribution < 1.29 is 22.7 Å². The number of rotatable bonds is 11. The minimum Gasteiger partial charge on any atom is -0.488 e. The van der Waals surface area contributed by atoms with Gasteiger partial charge in [-0.25, -0.2) is 18.4 Å². The highest BCUT2D eigenvalue weighted by Gasteiger charge is 2.26. The summed E-state index contributed by atoms with van der Waals surface area (Å²) in [4.78, 5) is 18.7. The summed E-state index contributed by atoms with van der Waals surface area (Å²) in [7, 11) is -3.47. The van der Waals surface area contributed by atoms with Crippen molar-refractivity contribution in [3.63, 3.8) is 0 Å². The predicted molar refractivity (Wildman–Crippen MR) is 154 cm³/mol. The maximum absolute atomic E-state index is 11.5. The first-order valence-corrected chi connectivity index (χ1v) is 14.5. The van der Waals surface area contributed by atoms with Gasteiger partial charge in [0.1, 0.15) is 25.6 Å². The Morgan fingerprint density at radius 1 is 1.05 bits per heavy atom. The molecule has 11 heteroatoms. The zero-order valence-corrected chi connectivity index (χ0v) is 23.7. The van der Waals surface area contributed by atoms with Crippen LogP contribution in [0.1, 0.15) is 30.5 Å². The SMILES string of the molecule is CC(C)(c1ccc(-c2ccc3nc(NS(C)(=O)=O)ncc3c2)cc1)c1cc(Cl)c(OCCOCC=O)c(C#N)c1.